The monoisotopic (exact) mass is 442 g/mol. The second kappa shape index (κ2) is 8.91. The number of aliphatic hydroxyl groups is 1. The molecule has 0 aliphatic carbocycles. The van der Waals surface area contributed by atoms with E-state index in [0.717, 1.165) is 15.3 Å². The average molecular weight is 443 g/mol. The molecule has 1 atom stereocenters. The quantitative estimate of drug-likeness (QED) is 0.396. The maximum absolute atomic E-state index is 14.1. The summed E-state index contributed by atoms with van der Waals surface area (Å²) in [6, 6.07) is 3.71. The highest BCUT2D eigenvalue weighted by molar-refractivity contribution is 7.70. The number of amides is 2. The van der Waals surface area contributed by atoms with Crippen LogP contribution in [0, 0.1) is 5.82 Å². The predicted molar refractivity (Wildman–Crippen MR) is 117 cm³/mol. The highest BCUT2D eigenvalue weighted by Gasteiger charge is 2.29. The lowest BCUT2D eigenvalue weighted by Crippen LogP contribution is -2.27. The second-order valence-electron chi connectivity index (χ2n) is 8.05. The standard InChI is InChI=1S/C20H28FN3O3S2/c1-11(2)15-8-14(21)9-16(12(3)4)18(15)23-19(25)24(29(22)27)17-7-13(10-28-17)20(5,6)26/h7-12,22,26,29H,1-6H3,(H,23,25)/p+1. The first-order valence-corrected chi connectivity index (χ1v) is 11.5. The van der Waals surface area contributed by atoms with Crippen LogP contribution in [0.15, 0.2) is 23.6 Å². The van der Waals surface area contributed by atoms with Crippen molar-refractivity contribution in [2.24, 2.45) is 5.14 Å². The van der Waals surface area contributed by atoms with Crippen LogP contribution in [0.3, 0.4) is 0 Å². The molecule has 0 aliphatic rings. The first-order chi connectivity index (χ1) is 13.3. The number of benzene rings is 1. The number of nitrogens with one attached hydrogen (secondary N) is 1. The number of thiol groups is 1. The van der Waals surface area contributed by atoms with Crippen LogP contribution in [-0.2, 0) is 16.4 Å². The smallest absolute Gasteiger partial charge is 0.386 e. The van der Waals surface area contributed by atoms with Crippen molar-refractivity contribution in [1.82, 2.24) is 0 Å². The van der Waals surface area contributed by atoms with Crippen molar-refractivity contribution in [3.8, 4) is 0 Å². The van der Waals surface area contributed by atoms with E-state index in [1.165, 1.54) is 12.1 Å². The van der Waals surface area contributed by atoms with Gasteiger partial charge in [0.2, 0.25) is 5.00 Å². The van der Waals surface area contributed by atoms with E-state index in [9.17, 15) is 18.5 Å². The number of anilines is 1. The molecule has 0 radical (unpaired) electrons. The number of nitrogens with zero attached hydrogens (tertiary/aromatic N) is 1. The van der Waals surface area contributed by atoms with E-state index < -0.39 is 22.4 Å². The van der Waals surface area contributed by atoms with E-state index in [4.69, 9.17) is 5.14 Å². The van der Waals surface area contributed by atoms with E-state index in [1.54, 1.807) is 25.3 Å². The minimum atomic E-state index is -2.53. The van der Waals surface area contributed by atoms with Gasteiger partial charge in [-0.1, -0.05) is 31.6 Å². The molecule has 0 saturated heterocycles. The number of nitrogens with two attached hydrogens (primary N) is 1. The van der Waals surface area contributed by atoms with Crippen LogP contribution < -0.4 is 10.5 Å². The fourth-order valence-corrected chi connectivity index (χ4v) is 4.75. The Bertz CT molecular complexity index is 972. The molecule has 0 aliphatic heterocycles. The van der Waals surface area contributed by atoms with E-state index >= 15 is 0 Å². The van der Waals surface area contributed by atoms with Crippen LogP contribution in [-0.4, -0.2) is 19.3 Å². The maximum atomic E-state index is 14.1. The normalized spacial score (nSPS) is 13.7. The van der Waals surface area contributed by atoms with E-state index in [0.29, 0.717) is 27.4 Å². The largest absolute Gasteiger partial charge is 0.511 e. The number of rotatable bonds is 5. The Hall–Kier alpha value is -1.81. The highest BCUT2D eigenvalue weighted by atomic mass is 32.2. The molecule has 0 fully saturated rings. The molecule has 2 aromatic rings. The van der Waals surface area contributed by atoms with Crippen molar-refractivity contribution in [2.75, 3.05) is 5.32 Å². The molecule has 4 N–H and O–H groups in total. The van der Waals surface area contributed by atoms with Gasteiger partial charge in [-0.3, -0.25) is 0 Å². The molecule has 6 nitrogen and oxygen atoms in total. The number of hydrogen-bond acceptors (Lipinski definition) is 4. The summed E-state index contributed by atoms with van der Waals surface area (Å²) in [5.74, 6) is -0.450. The molecule has 29 heavy (non-hydrogen) atoms. The Morgan fingerprint density at radius 3 is 2.10 bits per heavy atom. The molecule has 2 rings (SSSR count). The minimum Gasteiger partial charge on any atom is -0.386 e. The van der Waals surface area contributed by atoms with Crippen molar-refractivity contribution in [3.63, 3.8) is 0 Å². The average Bonchev–Trinajstić information content (AvgIpc) is 3.05. The van der Waals surface area contributed by atoms with Gasteiger partial charge in [0.05, 0.1) is 5.60 Å². The number of thiophene rings is 1. The van der Waals surface area contributed by atoms with Gasteiger partial charge in [0.25, 0.3) is 0 Å². The molecular formula is C20H29FN3O3S2+. The van der Waals surface area contributed by atoms with E-state index in [1.807, 2.05) is 27.7 Å². The lowest BCUT2D eigenvalue weighted by molar-refractivity contribution is -0.294. The maximum Gasteiger partial charge on any atom is 0.511 e. The molecule has 1 aromatic carbocycles. The van der Waals surface area contributed by atoms with Gasteiger partial charge in [0.1, 0.15) is 11.5 Å². The van der Waals surface area contributed by atoms with Gasteiger partial charge in [-0.05, 0) is 43.4 Å². The van der Waals surface area contributed by atoms with Gasteiger partial charge < -0.3 is 5.11 Å². The highest BCUT2D eigenvalue weighted by Crippen LogP contribution is 2.35. The Labute approximate surface area is 176 Å². The van der Waals surface area contributed by atoms with Crippen molar-refractivity contribution in [1.29, 1.82) is 0 Å². The Balaban J connectivity index is 2.53. The molecule has 160 valence electrons. The van der Waals surface area contributed by atoms with Crippen LogP contribution in [0.2, 0.25) is 0 Å². The Morgan fingerprint density at radius 2 is 1.72 bits per heavy atom. The summed E-state index contributed by atoms with van der Waals surface area (Å²) in [7, 11) is -2.53. The summed E-state index contributed by atoms with van der Waals surface area (Å²) < 4.78 is 27.3. The third kappa shape index (κ3) is 5.42. The third-order valence-corrected chi connectivity index (χ3v) is 6.37. The molecule has 9 heteroatoms. The SMILES string of the molecule is CC(C)c1cc(F)cc(C(C)C)c1NC(=O)/[N+](c1cc(C(C)(C)O)cs1)=[SH](\N)=O. The van der Waals surface area contributed by atoms with Crippen LogP contribution in [0.1, 0.15) is 70.1 Å². The van der Waals surface area contributed by atoms with Crippen molar-refractivity contribution in [2.45, 2.75) is 59.0 Å². The summed E-state index contributed by atoms with van der Waals surface area (Å²) in [5, 5.41) is 20.6. The molecule has 0 spiro atoms. The van der Waals surface area contributed by atoms with Crippen molar-refractivity contribution < 1.29 is 22.4 Å². The summed E-state index contributed by atoms with van der Waals surface area (Å²) >= 11 is 1.16. The lowest BCUT2D eigenvalue weighted by Gasteiger charge is -2.17. The third-order valence-electron chi connectivity index (χ3n) is 4.53. The molecule has 2 amide bonds. The summed E-state index contributed by atoms with van der Waals surface area (Å²) in [6.45, 7) is 10.9. The van der Waals surface area contributed by atoms with Crippen LogP contribution >= 0.6 is 11.3 Å². The Morgan fingerprint density at radius 1 is 1.21 bits per heavy atom. The molecule has 1 heterocycles. The molecule has 1 aromatic heterocycles. The Kier molecular flexibility index (Phi) is 7.21. The first kappa shape index (κ1) is 23.5. The van der Waals surface area contributed by atoms with E-state index in [2.05, 4.69) is 5.32 Å². The zero-order valence-electron chi connectivity index (χ0n) is 17.5. The minimum absolute atomic E-state index is 0.0397. The molecular weight excluding hydrogens is 413 g/mol. The zero-order valence-corrected chi connectivity index (χ0v) is 19.2. The van der Waals surface area contributed by atoms with Crippen molar-refractivity contribution >= 4 is 38.8 Å². The van der Waals surface area contributed by atoms with Crippen LogP contribution in [0.5, 0.6) is 0 Å². The van der Waals surface area contributed by atoms with Gasteiger partial charge in [-0.25, -0.2) is 19.1 Å². The second-order valence-corrected chi connectivity index (χ2v) is 9.94. The van der Waals surface area contributed by atoms with Gasteiger partial charge in [-0.15, -0.1) is 11.3 Å². The van der Waals surface area contributed by atoms with Crippen LogP contribution in [0.4, 0.5) is 19.9 Å². The summed E-state index contributed by atoms with van der Waals surface area (Å²) in [4.78, 5) is 13.0. The summed E-state index contributed by atoms with van der Waals surface area (Å²) in [6.07, 6.45) is 0. The van der Waals surface area contributed by atoms with E-state index in [-0.39, 0.29) is 17.7 Å². The number of urea groups is 1. The number of carbonyl (C=O) groups excluding carboxylic acids is 1. The molecule has 1 unspecified atom stereocenters. The first-order valence-electron chi connectivity index (χ1n) is 9.30. The van der Waals surface area contributed by atoms with Crippen molar-refractivity contribution in [3.05, 3.63) is 46.1 Å². The fraction of sp³-hybridized carbons (Fsp3) is 0.450. The van der Waals surface area contributed by atoms with Gasteiger partial charge >= 0.3 is 6.03 Å². The number of halogens is 1. The predicted octanol–water partition coefficient (Wildman–Crippen LogP) is 4.78. The number of hydrogen-bond donors (Lipinski definition) is 4. The van der Waals surface area contributed by atoms with Gasteiger partial charge in [-0.2, -0.15) is 4.79 Å². The van der Waals surface area contributed by atoms with Gasteiger partial charge in [0.15, 0.2) is 10.8 Å². The lowest BCUT2D eigenvalue weighted by atomic mass is 9.92. The molecule has 0 saturated carbocycles. The van der Waals surface area contributed by atoms with Crippen LogP contribution in [0.25, 0.3) is 0 Å². The fourth-order valence-electron chi connectivity index (χ4n) is 2.91. The topological polar surface area (TPSA) is 95.4 Å². The zero-order chi connectivity index (χ0) is 22.1. The number of carbonyl (C=O) groups is 1. The summed E-state index contributed by atoms with van der Waals surface area (Å²) in [5.41, 5.74) is 1.28. The molecule has 0 bridgehead atoms. The van der Waals surface area contributed by atoms with Gasteiger partial charge in [0, 0.05) is 22.6 Å².